The van der Waals surface area contributed by atoms with E-state index in [9.17, 15) is 0 Å². The molecule has 1 heterocycles. The van der Waals surface area contributed by atoms with Crippen LogP contribution in [-0.2, 0) is 4.84 Å². The molecule has 0 amide bonds. The number of halogens is 1. The number of rotatable bonds is 12. The van der Waals surface area contributed by atoms with E-state index in [1.54, 1.807) is 0 Å². The summed E-state index contributed by atoms with van der Waals surface area (Å²) in [5.74, 6) is 0. The summed E-state index contributed by atoms with van der Waals surface area (Å²) < 4.78 is 0. The molecule has 1 aromatic carbocycles. The van der Waals surface area contributed by atoms with Crippen LogP contribution in [0.25, 0.3) is 10.9 Å². The van der Waals surface area contributed by atoms with Gasteiger partial charge in [-0.25, -0.2) is 0 Å². The molecule has 27 heavy (non-hydrogen) atoms. The maximum absolute atomic E-state index is 6.07. The normalized spacial score (nSPS) is 12.3. The van der Waals surface area contributed by atoms with Crippen LogP contribution in [0.1, 0.15) is 33.6 Å². The Morgan fingerprint density at radius 2 is 2.15 bits per heavy atom. The van der Waals surface area contributed by atoms with Crippen LogP contribution in [0, 0.1) is 0 Å². The number of nitrogens with zero attached hydrogens (tertiary/aromatic N) is 2. The van der Waals surface area contributed by atoms with Crippen LogP contribution >= 0.6 is 11.6 Å². The molecule has 0 spiro atoms. The Labute approximate surface area is 167 Å². The van der Waals surface area contributed by atoms with Crippen LogP contribution in [-0.4, -0.2) is 42.2 Å². The number of pyridine rings is 1. The predicted octanol–water partition coefficient (Wildman–Crippen LogP) is 4.85. The van der Waals surface area contributed by atoms with Crippen LogP contribution in [0.15, 0.2) is 42.7 Å². The molecule has 0 bridgehead atoms. The van der Waals surface area contributed by atoms with Crippen molar-refractivity contribution in [2.75, 3.05) is 31.6 Å². The fraction of sp³-hybridized carbons (Fsp3) is 0.476. The fourth-order valence-electron chi connectivity index (χ4n) is 2.98. The maximum Gasteiger partial charge on any atom is 0.0872 e. The summed E-state index contributed by atoms with van der Waals surface area (Å²) in [6.45, 7) is 13.7. The molecular formula is C21H31ClN4O. The Morgan fingerprint density at radius 3 is 2.89 bits per heavy atom. The van der Waals surface area contributed by atoms with E-state index < -0.39 is 0 Å². The predicted molar refractivity (Wildman–Crippen MR) is 115 cm³/mol. The van der Waals surface area contributed by atoms with E-state index >= 15 is 0 Å². The van der Waals surface area contributed by atoms with Crippen LogP contribution in [0.2, 0.25) is 5.02 Å². The number of nitrogens with one attached hydrogen (secondary N) is 2. The van der Waals surface area contributed by atoms with Crippen molar-refractivity contribution in [2.45, 2.75) is 39.7 Å². The highest BCUT2D eigenvalue weighted by atomic mass is 35.5. The van der Waals surface area contributed by atoms with Crippen molar-refractivity contribution in [3.8, 4) is 0 Å². The van der Waals surface area contributed by atoms with Gasteiger partial charge in [0.2, 0.25) is 0 Å². The molecule has 0 saturated carbocycles. The Morgan fingerprint density at radius 1 is 1.33 bits per heavy atom. The van der Waals surface area contributed by atoms with Gasteiger partial charge in [-0.15, -0.1) is 0 Å². The van der Waals surface area contributed by atoms with Crippen molar-refractivity contribution in [3.05, 3.63) is 47.8 Å². The van der Waals surface area contributed by atoms with Gasteiger partial charge in [-0.3, -0.25) is 15.3 Å². The van der Waals surface area contributed by atoms with Crippen molar-refractivity contribution >= 4 is 28.2 Å². The molecule has 5 nitrogen and oxygen atoms in total. The number of likely N-dealkylation sites (N-methyl/N-ethyl adjacent to an activating group) is 1. The van der Waals surface area contributed by atoms with Crippen molar-refractivity contribution in [1.82, 2.24) is 15.4 Å². The first-order valence-electron chi connectivity index (χ1n) is 9.56. The summed E-state index contributed by atoms with van der Waals surface area (Å²) >= 11 is 6.07. The quantitative estimate of drug-likeness (QED) is 0.401. The molecule has 0 saturated heterocycles. The highest BCUT2D eigenvalue weighted by Gasteiger charge is 2.08. The number of anilines is 1. The molecule has 148 valence electrons. The molecule has 0 aliphatic rings. The standard InChI is InChI=1S/C21H31ClN4O/c1-5-26(13-14-27-25-16(2)3)12-6-7-17(4)24-20-10-11-23-21-15-18(22)8-9-19(20)21/h8-11,15,17,25H,2,5-7,12-14H2,1,3-4H3,(H,23,24). The van der Waals surface area contributed by atoms with Crippen molar-refractivity contribution in [3.63, 3.8) is 0 Å². The van der Waals surface area contributed by atoms with Gasteiger partial charge in [-0.2, -0.15) is 0 Å². The number of hydrogen-bond donors (Lipinski definition) is 2. The lowest BCUT2D eigenvalue weighted by molar-refractivity contribution is 0.0456. The third kappa shape index (κ3) is 7.37. The zero-order valence-corrected chi connectivity index (χ0v) is 17.4. The highest BCUT2D eigenvalue weighted by Crippen LogP contribution is 2.25. The minimum absolute atomic E-state index is 0.381. The average Bonchev–Trinajstić information content (AvgIpc) is 2.63. The summed E-state index contributed by atoms with van der Waals surface area (Å²) in [7, 11) is 0. The van der Waals surface area contributed by atoms with Crippen molar-refractivity contribution < 1.29 is 4.84 Å². The zero-order valence-electron chi connectivity index (χ0n) is 16.6. The number of fused-ring (bicyclic) bond motifs is 1. The van der Waals surface area contributed by atoms with E-state index in [4.69, 9.17) is 16.4 Å². The molecule has 0 radical (unpaired) electrons. The number of benzene rings is 1. The van der Waals surface area contributed by atoms with Crippen LogP contribution in [0.4, 0.5) is 5.69 Å². The number of hydroxylamine groups is 1. The molecule has 1 aromatic heterocycles. The smallest absolute Gasteiger partial charge is 0.0872 e. The van der Waals surface area contributed by atoms with Gasteiger partial charge in [-0.1, -0.05) is 25.1 Å². The first-order chi connectivity index (χ1) is 13.0. The maximum atomic E-state index is 6.07. The lowest BCUT2D eigenvalue weighted by Crippen LogP contribution is -2.31. The molecule has 1 unspecified atom stereocenters. The van der Waals surface area contributed by atoms with E-state index in [0.29, 0.717) is 17.7 Å². The van der Waals surface area contributed by atoms with Gasteiger partial charge in [0.25, 0.3) is 0 Å². The molecule has 1 atom stereocenters. The van der Waals surface area contributed by atoms with Gasteiger partial charge >= 0.3 is 0 Å². The van der Waals surface area contributed by atoms with E-state index in [0.717, 1.165) is 54.8 Å². The molecule has 6 heteroatoms. The van der Waals surface area contributed by atoms with Crippen LogP contribution in [0.3, 0.4) is 0 Å². The monoisotopic (exact) mass is 390 g/mol. The zero-order chi connectivity index (χ0) is 19.6. The Hall–Kier alpha value is -1.82. The number of hydrogen-bond acceptors (Lipinski definition) is 5. The SMILES string of the molecule is C=C(C)NOCCN(CC)CCCC(C)Nc1ccnc2cc(Cl)ccc12. The largest absolute Gasteiger partial charge is 0.382 e. The second kappa shape index (κ2) is 11.1. The summed E-state index contributed by atoms with van der Waals surface area (Å²) in [5, 5.41) is 5.43. The van der Waals surface area contributed by atoms with Gasteiger partial charge < -0.3 is 10.2 Å². The Kier molecular flexibility index (Phi) is 8.85. The third-order valence-corrected chi connectivity index (χ3v) is 4.66. The van der Waals surface area contributed by atoms with Gasteiger partial charge in [0.05, 0.1) is 12.1 Å². The van der Waals surface area contributed by atoms with Gasteiger partial charge in [0.15, 0.2) is 0 Å². The van der Waals surface area contributed by atoms with Crippen LogP contribution < -0.4 is 10.8 Å². The first kappa shape index (κ1) is 21.5. The number of allylic oxidation sites excluding steroid dienone is 1. The highest BCUT2D eigenvalue weighted by molar-refractivity contribution is 6.31. The van der Waals surface area contributed by atoms with E-state index in [1.165, 1.54) is 0 Å². The van der Waals surface area contributed by atoms with Gasteiger partial charge in [-0.05, 0) is 64.0 Å². The van der Waals surface area contributed by atoms with Gasteiger partial charge in [0, 0.05) is 40.6 Å². The first-order valence-corrected chi connectivity index (χ1v) is 9.94. The third-order valence-electron chi connectivity index (χ3n) is 4.42. The molecule has 0 aliphatic heterocycles. The molecular weight excluding hydrogens is 360 g/mol. The summed E-state index contributed by atoms with van der Waals surface area (Å²) in [5.41, 5.74) is 5.65. The van der Waals surface area contributed by atoms with E-state index in [-0.39, 0.29) is 0 Å². The molecule has 0 fully saturated rings. The fourth-order valence-corrected chi connectivity index (χ4v) is 3.15. The molecule has 2 N–H and O–H groups in total. The lowest BCUT2D eigenvalue weighted by atomic mass is 10.1. The van der Waals surface area contributed by atoms with Crippen molar-refractivity contribution in [1.29, 1.82) is 0 Å². The average molecular weight is 391 g/mol. The summed E-state index contributed by atoms with van der Waals surface area (Å²) in [4.78, 5) is 12.2. The number of aromatic nitrogens is 1. The minimum atomic E-state index is 0.381. The topological polar surface area (TPSA) is 49.4 Å². The second-order valence-corrected chi connectivity index (χ2v) is 7.31. The second-order valence-electron chi connectivity index (χ2n) is 6.87. The van der Waals surface area contributed by atoms with E-state index in [2.05, 4.69) is 41.1 Å². The minimum Gasteiger partial charge on any atom is -0.382 e. The van der Waals surface area contributed by atoms with Gasteiger partial charge in [0.1, 0.15) is 0 Å². The molecule has 0 aliphatic carbocycles. The molecule has 2 rings (SSSR count). The Balaban J connectivity index is 1.77. The van der Waals surface area contributed by atoms with Crippen LogP contribution in [0.5, 0.6) is 0 Å². The molecule has 2 aromatic rings. The summed E-state index contributed by atoms with van der Waals surface area (Å²) in [6, 6.07) is 8.24. The Bertz CT molecular complexity index is 737. The lowest BCUT2D eigenvalue weighted by Gasteiger charge is -2.22. The summed E-state index contributed by atoms with van der Waals surface area (Å²) in [6.07, 6.45) is 4.05. The van der Waals surface area contributed by atoms with Crippen molar-refractivity contribution in [2.24, 2.45) is 0 Å². The van der Waals surface area contributed by atoms with E-state index in [1.807, 2.05) is 37.4 Å².